The molecule has 8 nitrogen and oxygen atoms in total. The molecule has 4 saturated carbocycles. The van der Waals surface area contributed by atoms with Crippen LogP contribution in [-0.4, -0.2) is 56.4 Å². The van der Waals surface area contributed by atoms with Gasteiger partial charge >= 0.3 is 5.97 Å². The average molecular weight is 454 g/mol. The normalized spacial score (nSPS) is 53.1. The van der Waals surface area contributed by atoms with Gasteiger partial charge in [0.1, 0.15) is 0 Å². The van der Waals surface area contributed by atoms with Gasteiger partial charge in [0.2, 0.25) is 0 Å². The van der Waals surface area contributed by atoms with Crippen LogP contribution in [0.3, 0.4) is 0 Å². The minimum absolute atomic E-state index is 0.0461. The van der Waals surface area contributed by atoms with E-state index in [2.05, 4.69) is 20.8 Å². The maximum atomic E-state index is 11.6. The average Bonchev–Trinajstić information content (AvgIpc) is 3.06. The molecule has 0 aliphatic heterocycles. The van der Waals surface area contributed by atoms with Gasteiger partial charge in [-0.05, 0) is 79.4 Å². The number of carbonyl (C=O) groups is 1. The second-order valence-corrected chi connectivity index (χ2v) is 12.0. The zero-order valence-electron chi connectivity index (χ0n) is 19.7. The van der Waals surface area contributed by atoms with Crippen LogP contribution < -0.4 is 17.2 Å². The molecule has 4 aliphatic carbocycles. The van der Waals surface area contributed by atoms with Crippen LogP contribution in [0.25, 0.3) is 0 Å². The van der Waals surface area contributed by atoms with Crippen molar-refractivity contribution in [3.63, 3.8) is 0 Å². The molecule has 0 aromatic heterocycles. The first-order valence-corrected chi connectivity index (χ1v) is 12.4. The lowest BCUT2D eigenvalue weighted by Gasteiger charge is -2.68. The fraction of sp³-hybridized carbons (Fsp3) is 0.958. The number of aliphatic hydroxyl groups excluding tert-OH is 3. The molecule has 0 aromatic carbocycles. The van der Waals surface area contributed by atoms with Gasteiger partial charge in [0.05, 0.1) is 30.0 Å². The third-order valence-electron chi connectivity index (χ3n) is 11.0. The second kappa shape index (κ2) is 7.89. The van der Waals surface area contributed by atoms with Crippen LogP contribution in [0.4, 0.5) is 0 Å². The summed E-state index contributed by atoms with van der Waals surface area (Å²) < 4.78 is 0. The Balaban J connectivity index is 1.68. The Hall–Kier alpha value is -0.770. The van der Waals surface area contributed by atoms with Crippen LogP contribution in [0.5, 0.6) is 0 Å². The van der Waals surface area contributed by atoms with Crippen molar-refractivity contribution in [3.05, 3.63) is 0 Å². The molecule has 0 spiro atoms. The number of fused-ring (bicyclic) bond motifs is 5. The number of nitrogens with two attached hydrogens (primary N) is 3. The fourth-order valence-corrected chi connectivity index (χ4v) is 9.05. The molecular weight excluding hydrogens is 410 g/mol. The molecule has 0 heterocycles. The molecule has 0 saturated heterocycles. The quantitative estimate of drug-likeness (QED) is 0.303. The molecule has 10 N–H and O–H groups in total. The highest BCUT2D eigenvalue weighted by Crippen LogP contribution is 2.69. The molecule has 12 unspecified atom stereocenters. The first-order valence-electron chi connectivity index (χ1n) is 12.4. The van der Waals surface area contributed by atoms with Crippen molar-refractivity contribution in [2.75, 3.05) is 0 Å². The van der Waals surface area contributed by atoms with Crippen molar-refractivity contribution in [2.24, 2.45) is 63.5 Å². The van der Waals surface area contributed by atoms with Crippen LogP contribution in [0, 0.1) is 46.3 Å². The van der Waals surface area contributed by atoms with Crippen LogP contribution >= 0.6 is 0 Å². The Kier molecular flexibility index (Phi) is 6.00. The third-order valence-corrected chi connectivity index (χ3v) is 11.0. The van der Waals surface area contributed by atoms with Crippen LogP contribution in [0.2, 0.25) is 0 Å². The van der Waals surface area contributed by atoms with Crippen molar-refractivity contribution in [3.8, 4) is 0 Å². The van der Waals surface area contributed by atoms with Crippen molar-refractivity contribution < 1.29 is 25.2 Å². The number of aliphatic carboxylic acids is 1. The minimum Gasteiger partial charge on any atom is -0.481 e. The highest BCUT2D eigenvalue weighted by molar-refractivity contribution is 5.66. The molecular formula is C24H43N3O5. The summed E-state index contributed by atoms with van der Waals surface area (Å²) in [5.41, 5.74) is 17.4. The highest BCUT2D eigenvalue weighted by atomic mass is 16.4. The van der Waals surface area contributed by atoms with E-state index in [4.69, 9.17) is 22.3 Å². The summed E-state index contributed by atoms with van der Waals surface area (Å²) in [4.78, 5) is 11.1. The topological polar surface area (TPSA) is 176 Å². The zero-order valence-corrected chi connectivity index (χ0v) is 19.7. The molecule has 0 radical (unpaired) electrons. The van der Waals surface area contributed by atoms with Gasteiger partial charge in [-0.1, -0.05) is 20.8 Å². The molecule has 4 fully saturated rings. The number of aliphatic hydroxyl groups is 3. The monoisotopic (exact) mass is 453 g/mol. The van der Waals surface area contributed by atoms with Crippen LogP contribution in [0.15, 0.2) is 0 Å². The lowest BCUT2D eigenvalue weighted by Crippen LogP contribution is -2.82. The van der Waals surface area contributed by atoms with Crippen molar-refractivity contribution in [1.29, 1.82) is 0 Å². The Morgan fingerprint density at radius 2 is 1.66 bits per heavy atom. The maximum Gasteiger partial charge on any atom is 0.303 e. The first-order chi connectivity index (χ1) is 14.8. The van der Waals surface area contributed by atoms with Gasteiger partial charge in [0, 0.05) is 11.8 Å². The van der Waals surface area contributed by atoms with E-state index in [0.29, 0.717) is 25.7 Å². The van der Waals surface area contributed by atoms with Gasteiger partial charge in [-0.2, -0.15) is 0 Å². The van der Waals surface area contributed by atoms with Crippen LogP contribution in [0.1, 0.15) is 65.7 Å². The van der Waals surface area contributed by atoms with E-state index in [1.165, 1.54) is 0 Å². The molecule has 184 valence electrons. The standard InChI is InChI=1S/C24H43N3O5/c1-11(4-7-19(31)32)13-5-6-14-20-15(10-18(30)22(13,14)2)23(3)12(8-16(20)28)9-17(29)21(25)24(23,26)27/h11-18,20-21,28-30H,4-10,25-27H2,1-3H3,(H,31,32). The summed E-state index contributed by atoms with van der Waals surface area (Å²) in [5.74, 6) is -0.497. The smallest absolute Gasteiger partial charge is 0.303 e. The van der Waals surface area contributed by atoms with Gasteiger partial charge in [-0.15, -0.1) is 0 Å². The summed E-state index contributed by atoms with van der Waals surface area (Å²) in [6, 6.07) is -0.766. The van der Waals surface area contributed by atoms with E-state index >= 15 is 0 Å². The summed E-state index contributed by atoms with van der Waals surface area (Å²) in [5, 5.41) is 42.6. The maximum absolute atomic E-state index is 11.6. The molecule has 0 aromatic rings. The molecule has 12 atom stereocenters. The minimum atomic E-state index is -1.31. The van der Waals surface area contributed by atoms with Gasteiger partial charge in [-0.25, -0.2) is 0 Å². The van der Waals surface area contributed by atoms with E-state index in [9.17, 15) is 20.1 Å². The summed E-state index contributed by atoms with van der Waals surface area (Å²) in [6.45, 7) is 6.30. The van der Waals surface area contributed by atoms with Crippen molar-refractivity contribution in [2.45, 2.75) is 95.7 Å². The number of hydrogen-bond acceptors (Lipinski definition) is 7. The first kappa shape index (κ1) is 24.4. The summed E-state index contributed by atoms with van der Waals surface area (Å²) in [6.07, 6.45) is 2.07. The Morgan fingerprint density at radius 1 is 1.03 bits per heavy atom. The summed E-state index contributed by atoms with van der Waals surface area (Å²) in [7, 11) is 0. The van der Waals surface area contributed by atoms with Gasteiger partial charge in [0.15, 0.2) is 0 Å². The SMILES string of the molecule is CC(CCC(=O)O)C1CCC2C3C(O)CC4CC(O)C(N)C(N)(N)C4(C)C3CC(O)C12C. The Morgan fingerprint density at radius 3 is 2.28 bits per heavy atom. The molecule has 4 aliphatic rings. The second-order valence-electron chi connectivity index (χ2n) is 12.0. The van der Waals surface area contributed by atoms with Gasteiger partial charge < -0.3 is 37.6 Å². The lowest BCUT2D eigenvalue weighted by atomic mass is 9.40. The molecule has 4 rings (SSSR count). The van der Waals surface area contributed by atoms with Crippen molar-refractivity contribution in [1.82, 2.24) is 0 Å². The Labute approximate surface area is 190 Å². The fourth-order valence-electron chi connectivity index (χ4n) is 9.05. The van der Waals surface area contributed by atoms with E-state index < -0.39 is 41.4 Å². The number of carboxylic acids is 1. The molecule has 32 heavy (non-hydrogen) atoms. The predicted octanol–water partition coefficient (Wildman–Crippen LogP) is 0.610. The zero-order chi connectivity index (χ0) is 23.8. The van der Waals surface area contributed by atoms with E-state index in [-0.39, 0.29) is 47.3 Å². The Bertz CT molecular complexity index is 749. The van der Waals surface area contributed by atoms with Gasteiger partial charge in [-0.3, -0.25) is 4.79 Å². The van der Waals surface area contributed by atoms with E-state index in [1.54, 1.807) is 0 Å². The van der Waals surface area contributed by atoms with Crippen molar-refractivity contribution >= 4 is 5.97 Å². The van der Waals surface area contributed by atoms with Crippen LogP contribution in [-0.2, 0) is 4.79 Å². The predicted molar refractivity (Wildman–Crippen MR) is 120 cm³/mol. The number of rotatable bonds is 4. The number of hydrogen-bond donors (Lipinski definition) is 7. The molecule has 0 amide bonds. The third kappa shape index (κ3) is 3.13. The van der Waals surface area contributed by atoms with E-state index in [1.807, 2.05) is 0 Å². The highest BCUT2D eigenvalue weighted by Gasteiger charge is 2.70. The summed E-state index contributed by atoms with van der Waals surface area (Å²) >= 11 is 0. The van der Waals surface area contributed by atoms with Gasteiger partial charge in [0.25, 0.3) is 0 Å². The number of carboxylic acid groups (broad SMARTS) is 1. The molecule has 0 bridgehead atoms. The largest absolute Gasteiger partial charge is 0.481 e. The lowest BCUT2D eigenvalue weighted by molar-refractivity contribution is -0.229. The molecule has 8 heteroatoms. The van der Waals surface area contributed by atoms with E-state index in [0.717, 1.165) is 12.8 Å².